The summed E-state index contributed by atoms with van der Waals surface area (Å²) in [4.78, 5) is 4.32. The normalized spacial score (nSPS) is 16.7. The van der Waals surface area contributed by atoms with Crippen molar-refractivity contribution in [2.75, 3.05) is 20.2 Å². The number of pyridine rings is 1. The number of nitrogens with zero attached hydrogens (tertiary/aromatic N) is 1. The smallest absolute Gasteiger partial charge is 0.140 e. The van der Waals surface area contributed by atoms with Crippen molar-refractivity contribution < 1.29 is 4.74 Å². The summed E-state index contributed by atoms with van der Waals surface area (Å²) in [5.74, 6) is 1.65. The van der Waals surface area contributed by atoms with Crippen LogP contribution in [0.15, 0.2) is 18.3 Å². The minimum atomic E-state index is 0.740. The molecular weight excluding hydrogens is 164 g/mol. The van der Waals surface area contributed by atoms with Crippen LogP contribution in [0.1, 0.15) is 5.69 Å². The van der Waals surface area contributed by atoms with Gasteiger partial charge < -0.3 is 10.1 Å². The molecule has 0 radical (unpaired) electrons. The first-order valence-corrected chi connectivity index (χ1v) is 4.58. The topological polar surface area (TPSA) is 34.1 Å². The van der Waals surface area contributed by atoms with Crippen molar-refractivity contribution in [2.24, 2.45) is 5.92 Å². The van der Waals surface area contributed by atoms with E-state index in [-0.39, 0.29) is 0 Å². The Labute approximate surface area is 78.1 Å². The second kappa shape index (κ2) is 3.75. The summed E-state index contributed by atoms with van der Waals surface area (Å²) < 4.78 is 5.23. The Morgan fingerprint density at radius 3 is 3.08 bits per heavy atom. The number of hydrogen-bond acceptors (Lipinski definition) is 3. The maximum absolute atomic E-state index is 5.23. The monoisotopic (exact) mass is 178 g/mol. The Bertz CT molecular complexity index is 284. The average Bonchev–Trinajstić information content (AvgIpc) is 2.12. The van der Waals surface area contributed by atoms with E-state index in [1.54, 1.807) is 7.11 Å². The van der Waals surface area contributed by atoms with Gasteiger partial charge in [-0.15, -0.1) is 0 Å². The summed E-state index contributed by atoms with van der Waals surface area (Å²) >= 11 is 0. The highest BCUT2D eigenvalue weighted by molar-refractivity contribution is 5.27. The molecule has 1 aromatic heterocycles. The lowest BCUT2D eigenvalue weighted by molar-refractivity contribution is 0.335. The van der Waals surface area contributed by atoms with Crippen LogP contribution in [0, 0.1) is 5.92 Å². The molecule has 1 fully saturated rings. The lowest BCUT2D eigenvalue weighted by Gasteiger charge is -2.27. The van der Waals surface area contributed by atoms with Gasteiger partial charge in [0.05, 0.1) is 12.8 Å². The highest BCUT2D eigenvalue weighted by Crippen LogP contribution is 2.19. The van der Waals surface area contributed by atoms with E-state index in [0.29, 0.717) is 0 Å². The van der Waals surface area contributed by atoms with Crippen molar-refractivity contribution in [1.82, 2.24) is 10.3 Å². The molecule has 1 aromatic rings. The highest BCUT2D eigenvalue weighted by atomic mass is 16.5. The van der Waals surface area contributed by atoms with Crippen LogP contribution in [0.4, 0.5) is 0 Å². The van der Waals surface area contributed by atoms with Gasteiger partial charge in [-0.1, -0.05) is 0 Å². The van der Waals surface area contributed by atoms with E-state index in [2.05, 4.69) is 10.3 Å². The number of hydrogen-bond donors (Lipinski definition) is 1. The zero-order valence-corrected chi connectivity index (χ0v) is 7.79. The molecule has 0 amide bonds. The van der Waals surface area contributed by atoms with Crippen LogP contribution >= 0.6 is 0 Å². The second-order valence-corrected chi connectivity index (χ2v) is 3.38. The van der Waals surface area contributed by atoms with Gasteiger partial charge >= 0.3 is 0 Å². The SMILES string of the molecule is COc1cccnc1CC1CNC1. The molecule has 1 aliphatic heterocycles. The molecule has 13 heavy (non-hydrogen) atoms. The summed E-state index contributed by atoms with van der Waals surface area (Å²) in [7, 11) is 1.69. The van der Waals surface area contributed by atoms with Crippen LogP contribution < -0.4 is 10.1 Å². The average molecular weight is 178 g/mol. The molecule has 3 heteroatoms. The Morgan fingerprint density at radius 1 is 1.62 bits per heavy atom. The van der Waals surface area contributed by atoms with E-state index in [1.165, 1.54) is 0 Å². The number of methoxy groups -OCH3 is 1. The van der Waals surface area contributed by atoms with Crippen molar-refractivity contribution in [3.63, 3.8) is 0 Å². The molecule has 1 N–H and O–H groups in total. The van der Waals surface area contributed by atoms with Crippen molar-refractivity contribution in [3.8, 4) is 5.75 Å². The molecule has 2 rings (SSSR count). The third kappa shape index (κ3) is 1.80. The predicted octanol–water partition coefficient (Wildman–Crippen LogP) is 0.852. The minimum Gasteiger partial charge on any atom is -0.495 e. The van der Waals surface area contributed by atoms with Gasteiger partial charge in [0.2, 0.25) is 0 Å². The number of ether oxygens (including phenoxy) is 1. The molecule has 2 heterocycles. The minimum absolute atomic E-state index is 0.740. The molecule has 0 aromatic carbocycles. The van der Waals surface area contributed by atoms with E-state index < -0.39 is 0 Å². The van der Waals surface area contributed by atoms with Crippen LogP contribution in [0.3, 0.4) is 0 Å². The van der Waals surface area contributed by atoms with E-state index >= 15 is 0 Å². The molecule has 70 valence electrons. The molecule has 1 aliphatic rings. The van der Waals surface area contributed by atoms with Crippen molar-refractivity contribution in [3.05, 3.63) is 24.0 Å². The summed E-state index contributed by atoms with van der Waals surface area (Å²) in [6, 6.07) is 3.87. The number of aromatic nitrogens is 1. The molecule has 0 aliphatic carbocycles. The second-order valence-electron chi connectivity index (χ2n) is 3.38. The van der Waals surface area contributed by atoms with E-state index in [1.807, 2.05) is 18.3 Å². The molecule has 0 saturated carbocycles. The zero-order valence-electron chi connectivity index (χ0n) is 7.79. The van der Waals surface area contributed by atoms with E-state index in [0.717, 1.165) is 36.9 Å². The van der Waals surface area contributed by atoms with E-state index in [9.17, 15) is 0 Å². The first-order valence-electron chi connectivity index (χ1n) is 4.58. The lowest BCUT2D eigenvalue weighted by atomic mass is 9.97. The molecule has 0 bridgehead atoms. The fraction of sp³-hybridized carbons (Fsp3) is 0.500. The van der Waals surface area contributed by atoms with Gasteiger partial charge in [0, 0.05) is 6.20 Å². The fourth-order valence-corrected chi connectivity index (χ4v) is 1.53. The maximum atomic E-state index is 5.23. The number of rotatable bonds is 3. The largest absolute Gasteiger partial charge is 0.495 e. The van der Waals surface area contributed by atoms with Crippen LogP contribution in [-0.4, -0.2) is 25.2 Å². The van der Waals surface area contributed by atoms with Gasteiger partial charge in [-0.3, -0.25) is 4.98 Å². The fourth-order valence-electron chi connectivity index (χ4n) is 1.53. The number of nitrogens with one attached hydrogen (secondary N) is 1. The van der Waals surface area contributed by atoms with Gasteiger partial charge in [0.15, 0.2) is 0 Å². The predicted molar refractivity (Wildman–Crippen MR) is 50.9 cm³/mol. The van der Waals surface area contributed by atoms with Gasteiger partial charge in [-0.05, 0) is 37.6 Å². The molecule has 0 unspecified atom stereocenters. The summed E-state index contributed by atoms with van der Waals surface area (Å²) in [6.07, 6.45) is 2.85. The van der Waals surface area contributed by atoms with Crippen molar-refractivity contribution >= 4 is 0 Å². The Kier molecular flexibility index (Phi) is 2.45. The summed E-state index contributed by atoms with van der Waals surface area (Å²) in [6.45, 7) is 2.22. The zero-order chi connectivity index (χ0) is 9.10. The Balaban J connectivity index is 2.08. The Morgan fingerprint density at radius 2 is 2.46 bits per heavy atom. The van der Waals surface area contributed by atoms with Gasteiger partial charge in [-0.2, -0.15) is 0 Å². The van der Waals surface area contributed by atoms with E-state index in [4.69, 9.17) is 4.74 Å². The molecule has 0 atom stereocenters. The standard InChI is InChI=1S/C10H14N2O/c1-13-10-3-2-4-12-9(10)5-8-6-11-7-8/h2-4,8,11H,5-7H2,1H3. The van der Waals surface area contributed by atoms with Crippen LogP contribution in [0.5, 0.6) is 5.75 Å². The molecule has 0 spiro atoms. The molecule has 3 nitrogen and oxygen atoms in total. The summed E-state index contributed by atoms with van der Waals surface area (Å²) in [5.41, 5.74) is 1.08. The van der Waals surface area contributed by atoms with Crippen LogP contribution in [-0.2, 0) is 6.42 Å². The van der Waals surface area contributed by atoms with Crippen molar-refractivity contribution in [2.45, 2.75) is 6.42 Å². The van der Waals surface area contributed by atoms with Gasteiger partial charge in [0.25, 0.3) is 0 Å². The third-order valence-corrected chi connectivity index (χ3v) is 2.42. The van der Waals surface area contributed by atoms with Crippen LogP contribution in [0.25, 0.3) is 0 Å². The Hall–Kier alpha value is -1.09. The molecular formula is C10H14N2O. The lowest BCUT2D eigenvalue weighted by Crippen LogP contribution is -2.43. The third-order valence-electron chi connectivity index (χ3n) is 2.42. The van der Waals surface area contributed by atoms with Crippen LogP contribution in [0.2, 0.25) is 0 Å². The highest BCUT2D eigenvalue weighted by Gasteiger charge is 2.19. The quantitative estimate of drug-likeness (QED) is 0.745. The first-order chi connectivity index (χ1) is 6.40. The maximum Gasteiger partial charge on any atom is 0.140 e. The van der Waals surface area contributed by atoms with Gasteiger partial charge in [0.1, 0.15) is 5.75 Å². The molecule has 1 saturated heterocycles. The van der Waals surface area contributed by atoms with Gasteiger partial charge in [-0.25, -0.2) is 0 Å². The summed E-state index contributed by atoms with van der Waals surface area (Å²) in [5, 5.41) is 3.25. The van der Waals surface area contributed by atoms with Crippen molar-refractivity contribution in [1.29, 1.82) is 0 Å². The first kappa shape index (κ1) is 8.51.